The van der Waals surface area contributed by atoms with E-state index in [-0.39, 0.29) is 5.91 Å². The number of methoxy groups -OCH3 is 1. The van der Waals surface area contributed by atoms with Gasteiger partial charge in [-0.3, -0.25) is 4.79 Å². The zero-order valence-corrected chi connectivity index (χ0v) is 17.5. The molecule has 1 N–H and O–H groups in total. The summed E-state index contributed by atoms with van der Waals surface area (Å²) in [5.41, 5.74) is 1.16. The second kappa shape index (κ2) is 10.2. The molecule has 1 aromatic carbocycles. The highest BCUT2D eigenvalue weighted by Gasteiger charge is 2.13. The Balaban J connectivity index is 1.68. The largest absolute Gasteiger partial charge is 0.475 e. The molecule has 0 fully saturated rings. The van der Waals surface area contributed by atoms with Gasteiger partial charge in [-0.1, -0.05) is 23.9 Å². The number of pyridine rings is 2. The fraction of sp³-hybridized carbons (Fsp3) is 0.150. The van der Waals surface area contributed by atoms with Crippen molar-refractivity contribution in [2.45, 2.75) is 9.92 Å². The van der Waals surface area contributed by atoms with Crippen LogP contribution in [0.1, 0.15) is 10.4 Å². The van der Waals surface area contributed by atoms with Gasteiger partial charge < -0.3 is 14.8 Å². The average molecular weight is 460 g/mol. The van der Waals surface area contributed by atoms with Crippen LogP contribution in [0.5, 0.6) is 5.88 Å². The van der Waals surface area contributed by atoms with Gasteiger partial charge in [0.15, 0.2) is 0 Å². The first kappa shape index (κ1) is 20.3. The van der Waals surface area contributed by atoms with Crippen molar-refractivity contribution in [3.05, 3.63) is 71.0 Å². The number of anilines is 1. The number of benzene rings is 1. The third-order valence-corrected chi connectivity index (χ3v) is 5.07. The van der Waals surface area contributed by atoms with Crippen molar-refractivity contribution in [1.29, 1.82) is 0 Å². The van der Waals surface area contributed by atoms with Crippen LogP contribution in [0.4, 0.5) is 5.69 Å². The molecule has 0 atom stereocenters. The topological polar surface area (TPSA) is 73.3 Å². The van der Waals surface area contributed by atoms with E-state index in [1.807, 2.05) is 30.3 Å². The monoisotopic (exact) mass is 459 g/mol. The maximum atomic E-state index is 12.7. The summed E-state index contributed by atoms with van der Waals surface area (Å²) in [7, 11) is 1.61. The Kier molecular flexibility index (Phi) is 7.41. The van der Waals surface area contributed by atoms with Crippen molar-refractivity contribution in [3.63, 3.8) is 0 Å². The molecule has 0 unspecified atom stereocenters. The molecule has 0 aliphatic carbocycles. The number of halogens is 1. The summed E-state index contributed by atoms with van der Waals surface area (Å²) >= 11 is 4.81. The molecule has 28 heavy (non-hydrogen) atoms. The molecule has 0 saturated heterocycles. The van der Waals surface area contributed by atoms with Gasteiger partial charge in [0.25, 0.3) is 5.91 Å². The van der Waals surface area contributed by atoms with Crippen molar-refractivity contribution in [2.75, 3.05) is 25.6 Å². The number of amides is 1. The van der Waals surface area contributed by atoms with Crippen molar-refractivity contribution in [1.82, 2.24) is 9.97 Å². The van der Waals surface area contributed by atoms with Crippen molar-refractivity contribution >= 4 is 39.3 Å². The van der Waals surface area contributed by atoms with E-state index >= 15 is 0 Å². The van der Waals surface area contributed by atoms with E-state index < -0.39 is 0 Å². The van der Waals surface area contributed by atoms with Gasteiger partial charge in [-0.15, -0.1) is 0 Å². The molecule has 2 aromatic heterocycles. The summed E-state index contributed by atoms with van der Waals surface area (Å²) in [5.74, 6) is 0.266. The second-order valence-electron chi connectivity index (χ2n) is 5.59. The molecule has 0 spiro atoms. The van der Waals surface area contributed by atoms with Crippen LogP contribution >= 0.6 is 27.7 Å². The Bertz CT molecular complexity index is 921. The van der Waals surface area contributed by atoms with Crippen LogP contribution in [0.3, 0.4) is 0 Å². The van der Waals surface area contributed by atoms with E-state index in [1.165, 1.54) is 11.8 Å². The SMILES string of the molecule is COCCOc1ccc(NC(=O)c2ccccc2Sc2ccc(Br)cn2)cn1. The Hall–Kier alpha value is -2.42. The molecular formula is C20H18BrN3O3S. The van der Waals surface area contributed by atoms with Crippen LogP contribution in [0.25, 0.3) is 0 Å². The van der Waals surface area contributed by atoms with E-state index in [0.29, 0.717) is 30.3 Å². The average Bonchev–Trinajstić information content (AvgIpc) is 2.71. The third-order valence-electron chi connectivity index (χ3n) is 3.58. The molecule has 0 aliphatic rings. The van der Waals surface area contributed by atoms with Crippen molar-refractivity contribution in [2.24, 2.45) is 0 Å². The normalized spacial score (nSPS) is 10.5. The molecule has 3 aromatic rings. The van der Waals surface area contributed by atoms with Crippen LogP contribution in [-0.4, -0.2) is 36.2 Å². The minimum Gasteiger partial charge on any atom is -0.475 e. The number of nitrogens with one attached hydrogen (secondary N) is 1. The quantitative estimate of drug-likeness (QED) is 0.493. The van der Waals surface area contributed by atoms with E-state index in [1.54, 1.807) is 37.7 Å². The molecule has 0 bridgehead atoms. The van der Waals surface area contributed by atoms with Crippen LogP contribution in [0, 0.1) is 0 Å². The molecule has 3 rings (SSSR count). The van der Waals surface area contributed by atoms with Crippen LogP contribution in [0.2, 0.25) is 0 Å². The van der Waals surface area contributed by atoms with E-state index in [0.717, 1.165) is 14.4 Å². The summed E-state index contributed by atoms with van der Waals surface area (Å²) in [5, 5.41) is 3.67. The lowest BCUT2D eigenvalue weighted by molar-refractivity contribution is 0.102. The predicted octanol–water partition coefficient (Wildman–Crippen LogP) is 4.67. The van der Waals surface area contributed by atoms with E-state index in [4.69, 9.17) is 9.47 Å². The number of nitrogens with zero attached hydrogens (tertiary/aromatic N) is 2. The molecule has 0 aliphatic heterocycles. The number of aromatic nitrogens is 2. The Morgan fingerprint density at radius 3 is 2.64 bits per heavy atom. The Labute approximate surface area is 175 Å². The minimum absolute atomic E-state index is 0.213. The number of carbonyl (C=O) groups excluding carboxylic acids is 1. The molecule has 144 valence electrons. The van der Waals surface area contributed by atoms with Crippen LogP contribution in [0.15, 0.2) is 75.3 Å². The number of ether oxygens (including phenoxy) is 2. The second-order valence-corrected chi connectivity index (χ2v) is 7.57. The lowest BCUT2D eigenvalue weighted by Gasteiger charge is -2.10. The van der Waals surface area contributed by atoms with E-state index in [2.05, 4.69) is 31.2 Å². The lowest BCUT2D eigenvalue weighted by Crippen LogP contribution is -2.13. The molecule has 0 radical (unpaired) electrons. The van der Waals surface area contributed by atoms with E-state index in [9.17, 15) is 4.79 Å². The number of carbonyl (C=O) groups is 1. The first-order chi connectivity index (χ1) is 13.7. The zero-order valence-electron chi connectivity index (χ0n) is 15.1. The Morgan fingerprint density at radius 1 is 1.07 bits per heavy atom. The highest BCUT2D eigenvalue weighted by atomic mass is 79.9. The van der Waals surface area contributed by atoms with Gasteiger partial charge in [-0.05, 0) is 46.3 Å². The van der Waals surface area contributed by atoms with Gasteiger partial charge in [0, 0.05) is 28.7 Å². The summed E-state index contributed by atoms with van der Waals surface area (Å²) in [6.45, 7) is 0.908. The molecule has 6 nitrogen and oxygen atoms in total. The number of hydrogen-bond acceptors (Lipinski definition) is 6. The van der Waals surface area contributed by atoms with Gasteiger partial charge in [-0.2, -0.15) is 0 Å². The van der Waals surface area contributed by atoms with Crippen molar-refractivity contribution in [3.8, 4) is 5.88 Å². The highest BCUT2D eigenvalue weighted by molar-refractivity contribution is 9.10. The molecule has 2 heterocycles. The van der Waals surface area contributed by atoms with Gasteiger partial charge in [0.05, 0.1) is 24.1 Å². The van der Waals surface area contributed by atoms with Gasteiger partial charge in [-0.25, -0.2) is 9.97 Å². The fourth-order valence-corrected chi connectivity index (χ4v) is 3.36. The smallest absolute Gasteiger partial charge is 0.256 e. The molecule has 0 saturated carbocycles. The number of rotatable bonds is 8. The molecular weight excluding hydrogens is 442 g/mol. The summed E-state index contributed by atoms with van der Waals surface area (Å²) in [4.78, 5) is 22.1. The maximum absolute atomic E-state index is 12.7. The minimum atomic E-state index is -0.213. The maximum Gasteiger partial charge on any atom is 0.256 e. The molecule has 8 heteroatoms. The third kappa shape index (κ3) is 5.79. The lowest BCUT2D eigenvalue weighted by atomic mass is 10.2. The molecule has 1 amide bonds. The van der Waals surface area contributed by atoms with Gasteiger partial charge in [0.1, 0.15) is 11.6 Å². The zero-order chi connectivity index (χ0) is 19.8. The summed E-state index contributed by atoms with van der Waals surface area (Å²) in [6.07, 6.45) is 3.29. The first-order valence-electron chi connectivity index (χ1n) is 8.43. The van der Waals surface area contributed by atoms with Gasteiger partial charge in [0.2, 0.25) is 5.88 Å². The van der Waals surface area contributed by atoms with Gasteiger partial charge >= 0.3 is 0 Å². The Morgan fingerprint density at radius 2 is 1.93 bits per heavy atom. The van der Waals surface area contributed by atoms with Crippen LogP contribution in [-0.2, 0) is 4.74 Å². The summed E-state index contributed by atoms with van der Waals surface area (Å²) in [6, 6.07) is 14.7. The summed E-state index contributed by atoms with van der Waals surface area (Å²) < 4.78 is 11.3. The van der Waals surface area contributed by atoms with Crippen LogP contribution < -0.4 is 10.1 Å². The van der Waals surface area contributed by atoms with Crippen molar-refractivity contribution < 1.29 is 14.3 Å². The standard InChI is InChI=1S/C20H18BrN3O3S/c1-26-10-11-27-18-8-7-15(13-22-18)24-20(25)16-4-2-3-5-17(16)28-19-9-6-14(21)12-23-19/h2-9,12-13H,10-11H2,1H3,(H,24,25). The number of hydrogen-bond donors (Lipinski definition) is 1. The fourth-order valence-electron chi connectivity index (χ4n) is 2.25. The first-order valence-corrected chi connectivity index (χ1v) is 10.0. The predicted molar refractivity (Wildman–Crippen MR) is 112 cm³/mol. The highest BCUT2D eigenvalue weighted by Crippen LogP contribution is 2.30.